The van der Waals surface area contributed by atoms with Gasteiger partial charge in [0.05, 0.1) is 6.04 Å². The number of halogens is 1. The van der Waals surface area contributed by atoms with Crippen molar-refractivity contribution in [1.82, 2.24) is 14.7 Å². The number of benzene rings is 2. The smallest absolute Gasteiger partial charge is 0.254 e. The summed E-state index contributed by atoms with van der Waals surface area (Å²) < 4.78 is 19.3. The highest BCUT2D eigenvalue weighted by Crippen LogP contribution is 2.34. The number of thiophene rings is 1. The van der Waals surface area contributed by atoms with Crippen LogP contribution in [0.4, 0.5) is 4.39 Å². The average molecular weight is 522 g/mol. The molecule has 0 aliphatic carbocycles. The largest absolute Gasteiger partial charge is 0.491 e. The molecule has 2 amide bonds. The predicted molar refractivity (Wildman–Crippen MR) is 142 cm³/mol. The van der Waals surface area contributed by atoms with Crippen molar-refractivity contribution in [2.24, 2.45) is 0 Å². The van der Waals surface area contributed by atoms with Gasteiger partial charge in [0, 0.05) is 30.1 Å². The van der Waals surface area contributed by atoms with Gasteiger partial charge in [-0.05, 0) is 85.8 Å². The fourth-order valence-electron chi connectivity index (χ4n) is 5.12. The molecule has 2 aliphatic rings. The summed E-state index contributed by atoms with van der Waals surface area (Å²) in [6.45, 7) is 4.21. The molecule has 2 aliphatic heterocycles. The zero-order chi connectivity index (χ0) is 25.6. The van der Waals surface area contributed by atoms with E-state index in [9.17, 15) is 14.0 Å². The quantitative estimate of drug-likeness (QED) is 0.412. The van der Waals surface area contributed by atoms with Crippen molar-refractivity contribution in [1.29, 1.82) is 0 Å². The molecule has 0 spiro atoms. The lowest BCUT2D eigenvalue weighted by Crippen LogP contribution is -2.49. The molecule has 0 unspecified atom stereocenters. The predicted octanol–water partition coefficient (Wildman–Crippen LogP) is 4.63. The van der Waals surface area contributed by atoms with E-state index >= 15 is 0 Å². The van der Waals surface area contributed by atoms with Crippen molar-refractivity contribution >= 4 is 23.2 Å². The highest BCUT2D eigenvalue weighted by atomic mass is 32.1. The summed E-state index contributed by atoms with van der Waals surface area (Å²) >= 11 is 1.69. The van der Waals surface area contributed by atoms with Gasteiger partial charge in [-0.1, -0.05) is 18.2 Å². The molecule has 37 heavy (non-hydrogen) atoms. The second kappa shape index (κ2) is 11.9. The van der Waals surface area contributed by atoms with E-state index in [2.05, 4.69) is 11.0 Å². The van der Waals surface area contributed by atoms with Crippen molar-refractivity contribution in [3.63, 3.8) is 0 Å². The molecule has 2 aromatic carbocycles. The normalized spacial score (nSPS) is 17.4. The Labute approximate surface area is 221 Å². The Balaban J connectivity index is 1.32. The number of likely N-dealkylation sites (tertiary alicyclic amines) is 1. The second-order valence-electron chi connectivity index (χ2n) is 9.56. The van der Waals surface area contributed by atoms with Crippen molar-refractivity contribution in [3.05, 3.63) is 87.9 Å². The first-order chi connectivity index (χ1) is 18.1. The average Bonchev–Trinajstić information content (AvgIpc) is 3.63. The van der Waals surface area contributed by atoms with Crippen LogP contribution in [0.1, 0.15) is 39.7 Å². The highest BCUT2D eigenvalue weighted by Gasteiger charge is 2.33. The molecule has 0 bridgehead atoms. The van der Waals surface area contributed by atoms with Gasteiger partial charge in [-0.15, -0.1) is 11.3 Å². The van der Waals surface area contributed by atoms with Gasteiger partial charge in [0.2, 0.25) is 5.91 Å². The Morgan fingerprint density at radius 1 is 1.00 bits per heavy atom. The van der Waals surface area contributed by atoms with Gasteiger partial charge in [0.1, 0.15) is 24.7 Å². The number of carbonyl (C=O) groups is 2. The summed E-state index contributed by atoms with van der Waals surface area (Å²) in [4.78, 5) is 34.3. The number of carbonyl (C=O) groups excluding carboxylic acids is 2. The molecule has 1 saturated heterocycles. The Bertz CT molecular complexity index is 1190. The van der Waals surface area contributed by atoms with E-state index in [1.807, 2.05) is 28.5 Å². The van der Waals surface area contributed by atoms with E-state index in [-0.39, 0.29) is 36.8 Å². The first-order valence-corrected chi connectivity index (χ1v) is 13.8. The third-order valence-corrected chi connectivity index (χ3v) is 8.15. The first kappa shape index (κ1) is 25.4. The van der Waals surface area contributed by atoms with Crippen molar-refractivity contribution in [2.45, 2.75) is 25.3 Å². The number of nitrogens with zero attached hydrogens (tertiary/aromatic N) is 3. The van der Waals surface area contributed by atoms with E-state index in [4.69, 9.17) is 4.74 Å². The number of rotatable bonds is 9. The molecule has 8 heteroatoms. The van der Waals surface area contributed by atoms with Crippen LogP contribution >= 0.6 is 11.3 Å². The minimum Gasteiger partial charge on any atom is -0.491 e. The van der Waals surface area contributed by atoms with Crippen LogP contribution in [0.2, 0.25) is 0 Å². The molecule has 1 aromatic heterocycles. The van der Waals surface area contributed by atoms with Gasteiger partial charge < -0.3 is 19.4 Å². The van der Waals surface area contributed by atoms with Gasteiger partial charge in [-0.3, -0.25) is 9.59 Å². The highest BCUT2D eigenvalue weighted by molar-refractivity contribution is 7.10. The number of fused-ring (bicyclic) bond motifs is 1. The second-order valence-corrected chi connectivity index (χ2v) is 10.6. The van der Waals surface area contributed by atoms with E-state index in [0.717, 1.165) is 31.6 Å². The number of hydrogen-bond donors (Lipinski definition) is 0. The van der Waals surface area contributed by atoms with Gasteiger partial charge in [-0.25, -0.2) is 4.39 Å². The maximum Gasteiger partial charge on any atom is 0.254 e. The number of amides is 2. The molecular weight excluding hydrogens is 489 g/mol. The summed E-state index contributed by atoms with van der Waals surface area (Å²) in [5, 5.41) is 2.05. The summed E-state index contributed by atoms with van der Waals surface area (Å²) in [6, 6.07) is 16.9. The summed E-state index contributed by atoms with van der Waals surface area (Å²) in [7, 11) is 0. The van der Waals surface area contributed by atoms with E-state index in [0.29, 0.717) is 24.4 Å². The zero-order valence-corrected chi connectivity index (χ0v) is 21.7. The van der Waals surface area contributed by atoms with E-state index in [1.165, 1.54) is 29.9 Å². The number of hydrogen-bond acceptors (Lipinski definition) is 5. The van der Waals surface area contributed by atoms with Crippen LogP contribution in [0.5, 0.6) is 5.75 Å². The lowest BCUT2D eigenvalue weighted by Gasteiger charge is -2.37. The molecule has 1 atom stereocenters. The summed E-state index contributed by atoms with van der Waals surface area (Å²) in [5.41, 5.74) is 1.68. The van der Waals surface area contributed by atoms with Crippen LogP contribution in [-0.4, -0.2) is 72.4 Å². The topological polar surface area (TPSA) is 53.1 Å². The van der Waals surface area contributed by atoms with Gasteiger partial charge in [0.15, 0.2) is 0 Å². The molecular formula is C29H32FN3O3S. The van der Waals surface area contributed by atoms with Crippen LogP contribution in [0.15, 0.2) is 66.0 Å². The Kier molecular flexibility index (Phi) is 8.16. The standard InChI is InChI=1S/C29H32FN3O3S/c30-23-8-10-24(11-9-23)36-21-26-25-13-19-37-27(25)12-16-33(26)28(34)20-32(18-17-31-14-4-5-15-31)29(35)22-6-2-1-3-7-22/h1-3,6-11,13,19,26H,4-5,12,14-18,20-21H2/t26-/m0/s1. The van der Waals surface area contributed by atoms with Gasteiger partial charge >= 0.3 is 0 Å². The minimum absolute atomic E-state index is 0.0219. The van der Waals surface area contributed by atoms with Crippen molar-refractivity contribution < 1.29 is 18.7 Å². The van der Waals surface area contributed by atoms with Crippen LogP contribution in [0.25, 0.3) is 0 Å². The summed E-state index contributed by atoms with van der Waals surface area (Å²) in [5.74, 6) is 0.0254. The fraction of sp³-hybridized carbons (Fsp3) is 0.379. The molecule has 0 saturated carbocycles. The molecule has 1 fully saturated rings. The Morgan fingerprint density at radius 2 is 1.76 bits per heavy atom. The van der Waals surface area contributed by atoms with Crippen LogP contribution in [-0.2, 0) is 11.2 Å². The SMILES string of the molecule is O=C(c1ccccc1)N(CCN1CCCC1)CC(=O)N1CCc2sccc2[C@@H]1COc1ccc(F)cc1. The third-order valence-electron chi connectivity index (χ3n) is 7.16. The van der Waals surface area contributed by atoms with Gasteiger partial charge in [-0.2, -0.15) is 0 Å². The van der Waals surface area contributed by atoms with E-state index in [1.54, 1.807) is 40.5 Å². The molecule has 0 radical (unpaired) electrons. The molecule has 194 valence electrons. The lowest BCUT2D eigenvalue weighted by atomic mass is 10.0. The molecule has 5 rings (SSSR count). The maximum atomic E-state index is 13.8. The molecule has 0 N–H and O–H groups in total. The Hall–Kier alpha value is -3.23. The third kappa shape index (κ3) is 6.19. The zero-order valence-electron chi connectivity index (χ0n) is 20.9. The van der Waals surface area contributed by atoms with Crippen LogP contribution < -0.4 is 4.74 Å². The van der Waals surface area contributed by atoms with Crippen LogP contribution in [0.3, 0.4) is 0 Å². The fourth-order valence-corrected chi connectivity index (χ4v) is 6.05. The minimum atomic E-state index is -0.320. The molecule has 3 heterocycles. The van der Waals surface area contributed by atoms with Crippen molar-refractivity contribution in [3.8, 4) is 5.75 Å². The van der Waals surface area contributed by atoms with Crippen LogP contribution in [0, 0.1) is 5.82 Å². The summed E-state index contributed by atoms with van der Waals surface area (Å²) in [6.07, 6.45) is 3.14. The van der Waals surface area contributed by atoms with Crippen molar-refractivity contribution in [2.75, 3.05) is 45.9 Å². The molecule has 3 aromatic rings. The monoisotopic (exact) mass is 521 g/mol. The van der Waals surface area contributed by atoms with Gasteiger partial charge in [0.25, 0.3) is 5.91 Å². The maximum absolute atomic E-state index is 13.8. The van der Waals surface area contributed by atoms with E-state index < -0.39 is 0 Å². The number of ether oxygens (including phenoxy) is 1. The first-order valence-electron chi connectivity index (χ1n) is 12.9. The lowest BCUT2D eigenvalue weighted by molar-refractivity contribution is -0.135. The molecule has 6 nitrogen and oxygen atoms in total. The Morgan fingerprint density at radius 3 is 2.51 bits per heavy atom.